The number of thioether (sulfide) groups is 1. The van der Waals surface area contributed by atoms with Gasteiger partial charge in [0.1, 0.15) is 0 Å². The molecule has 5 heteroatoms. The van der Waals surface area contributed by atoms with Crippen molar-refractivity contribution in [2.45, 2.75) is 43.9 Å². The smallest absolute Gasteiger partial charge is 0.0944 e. The lowest BCUT2D eigenvalue weighted by molar-refractivity contribution is 0.405. The normalized spacial score (nSPS) is 27.2. The Morgan fingerprint density at radius 1 is 1.69 bits per heavy atom. The van der Waals surface area contributed by atoms with Crippen LogP contribution in [0.5, 0.6) is 0 Å². The lowest BCUT2D eigenvalue weighted by atomic mass is 9.94. The highest BCUT2D eigenvalue weighted by Crippen LogP contribution is 2.41. The summed E-state index contributed by atoms with van der Waals surface area (Å²) in [4.78, 5) is 4.51. The largest absolute Gasteiger partial charge is 0.271 e. The molecule has 3 nitrogen and oxygen atoms in total. The Morgan fingerprint density at radius 3 is 3.00 bits per heavy atom. The van der Waals surface area contributed by atoms with Crippen LogP contribution in [-0.2, 0) is 6.42 Å². The summed E-state index contributed by atoms with van der Waals surface area (Å²) < 4.78 is 0.272. The van der Waals surface area contributed by atoms with Gasteiger partial charge in [-0.25, -0.2) is 4.98 Å². The minimum absolute atomic E-state index is 0.272. The first-order valence-corrected chi connectivity index (χ1v) is 7.52. The number of aromatic nitrogens is 1. The van der Waals surface area contributed by atoms with E-state index in [0.29, 0.717) is 6.04 Å². The fourth-order valence-corrected chi connectivity index (χ4v) is 4.41. The zero-order valence-electron chi connectivity index (χ0n) is 9.82. The molecule has 0 radical (unpaired) electrons. The third kappa shape index (κ3) is 2.59. The second kappa shape index (κ2) is 5.04. The number of rotatable bonds is 4. The molecule has 1 aliphatic rings. The Balaban J connectivity index is 2.05. The van der Waals surface area contributed by atoms with Gasteiger partial charge in [-0.15, -0.1) is 11.3 Å². The van der Waals surface area contributed by atoms with Crippen LogP contribution in [0.15, 0.2) is 5.38 Å². The molecule has 3 N–H and O–H groups in total. The standard InChI is InChI=1S/C11H19N3S2/c1-8-7-15-10(13-8)6-9(14-12)11(2)4-3-5-16-11/h7,9,14H,3-6,12H2,1-2H3. The maximum Gasteiger partial charge on any atom is 0.0944 e. The molecular weight excluding hydrogens is 238 g/mol. The van der Waals surface area contributed by atoms with Crippen molar-refractivity contribution in [2.24, 2.45) is 5.84 Å². The molecule has 90 valence electrons. The Labute approximate surface area is 105 Å². The van der Waals surface area contributed by atoms with E-state index in [1.54, 1.807) is 11.3 Å². The molecule has 2 atom stereocenters. The average Bonchev–Trinajstić information content (AvgIpc) is 2.85. The average molecular weight is 257 g/mol. The molecule has 0 spiro atoms. The van der Waals surface area contributed by atoms with Gasteiger partial charge in [0.05, 0.1) is 5.01 Å². The fourth-order valence-electron chi connectivity index (χ4n) is 2.20. The maximum atomic E-state index is 5.71. The van der Waals surface area contributed by atoms with Crippen LogP contribution in [0, 0.1) is 6.92 Å². The summed E-state index contributed by atoms with van der Waals surface area (Å²) in [6.45, 7) is 4.35. The first kappa shape index (κ1) is 12.4. The molecule has 1 fully saturated rings. The van der Waals surface area contributed by atoms with Crippen molar-refractivity contribution in [1.82, 2.24) is 10.4 Å². The maximum absolute atomic E-state index is 5.71. The molecule has 0 bridgehead atoms. The van der Waals surface area contributed by atoms with Gasteiger partial charge in [-0.3, -0.25) is 11.3 Å². The number of nitrogens with two attached hydrogens (primary N) is 1. The van der Waals surface area contributed by atoms with Crippen molar-refractivity contribution in [1.29, 1.82) is 0 Å². The van der Waals surface area contributed by atoms with Crippen LogP contribution in [0.2, 0.25) is 0 Å². The summed E-state index contributed by atoms with van der Waals surface area (Å²) in [7, 11) is 0. The predicted molar refractivity (Wildman–Crippen MR) is 71.8 cm³/mol. The van der Waals surface area contributed by atoms with E-state index in [-0.39, 0.29) is 4.75 Å². The van der Waals surface area contributed by atoms with E-state index >= 15 is 0 Å². The summed E-state index contributed by atoms with van der Waals surface area (Å²) >= 11 is 3.77. The Bertz CT molecular complexity index is 345. The van der Waals surface area contributed by atoms with Gasteiger partial charge in [0.2, 0.25) is 0 Å². The fraction of sp³-hybridized carbons (Fsp3) is 0.727. The summed E-state index contributed by atoms with van der Waals surface area (Å²) in [5.41, 5.74) is 4.10. The van der Waals surface area contributed by atoms with Crippen LogP contribution in [0.1, 0.15) is 30.5 Å². The molecule has 0 aliphatic carbocycles. The number of hydrogen-bond donors (Lipinski definition) is 2. The summed E-state index contributed by atoms with van der Waals surface area (Å²) in [5, 5.41) is 3.29. The molecule has 0 saturated carbocycles. The van der Waals surface area contributed by atoms with Crippen molar-refractivity contribution >= 4 is 23.1 Å². The van der Waals surface area contributed by atoms with Gasteiger partial charge < -0.3 is 0 Å². The van der Waals surface area contributed by atoms with Gasteiger partial charge in [0, 0.05) is 28.3 Å². The van der Waals surface area contributed by atoms with Crippen LogP contribution in [0.3, 0.4) is 0 Å². The van der Waals surface area contributed by atoms with Crippen molar-refractivity contribution in [3.05, 3.63) is 16.1 Å². The lowest BCUT2D eigenvalue weighted by Gasteiger charge is -2.32. The molecule has 1 aromatic rings. The second-order valence-electron chi connectivity index (χ2n) is 4.57. The van der Waals surface area contributed by atoms with E-state index in [4.69, 9.17) is 5.84 Å². The lowest BCUT2D eigenvalue weighted by Crippen LogP contribution is -2.49. The Hall–Kier alpha value is -0.100. The molecule has 2 heterocycles. The van der Waals surface area contributed by atoms with Gasteiger partial charge >= 0.3 is 0 Å². The molecule has 1 aliphatic heterocycles. The number of nitrogens with zero attached hydrogens (tertiary/aromatic N) is 1. The summed E-state index contributed by atoms with van der Waals surface area (Å²) in [6.07, 6.45) is 3.49. The highest BCUT2D eigenvalue weighted by Gasteiger charge is 2.37. The van der Waals surface area contributed by atoms with E-state index in [0.717, 1.165) is 12.1 Å². The van der Waals surface area contributed by atoms with Gasteiger partial charge in [0.25, 0.3) is 0 Å². The third-order valence-electron chi connectivity index (χ3n) is 3.23. The number of nitrogens with one attached hydrogen (secondary N) is 1. The highest BCUT2D eigenvalue weighted by atomic mass is 32.2. The molecule has 16 heavy (non-hydrogen) atoms. The van der Waals surface area contributed by atoms with E-state index in [1.807, 2.05) is 18.7 Å². The number of hydrogen-bond acceptors (Lipinski definition) is 5. The molecule has 1 aromatic heterocycles. The van der Waals surface area contributed by atoms with Crippen LogP contribution in [-0.4, -0.2) is 21.5 Å². The summed E-state index contributed by atoms with van der Waals surface area (Å²) in [5.74, 6) is 6.96. The number of hydrazine groups is 1. The second-order valence-corrected chi connectivity index (χ2v) is 7.14. The van der Waals surface area contributed by atoms with Crippen molar-refractivity contribution in [3.8, 4) is 0 Å². The van der Waals surface area contributed by atoms with Gasteiger partial charge in [-0.2, -0.15) is 11.8 Å². The number of thiazole rings is 1. The molecule has 0 aromatic carbocycles. The zero-order chi connectivity index (χ0) is 11.6. The van der Waals surface area contributed by atoms with E-state index in [9.17, 15) is 0 Å². The molecule has 1 saturated heterocycles. The quantitative estimate of drug-likeness (QED) is 0.641. The first-order valence-electron chi connectivity index (χ1n) is 5.65. The molecule has 2 rings (SSSR count). The van der Waals surface area contributed by atoms with Crippen LogP contribution in [0.25, 0.3) is 0 Å². The molecule has 2 unspecified atom stereocenters. The van der Waals surface area contributed by atoms with E-state index in [2.05, 4.69) is 22.7 Å². The highest BCUT2D eigenvalue weighted by molar-refractivity contribution is 8.00. The van der Waals surface area contributed by atoms with Gasteiger partial charge in [-0.05, 0) is 32.4 Å². The predicted octanol–water partition coefficient (Wildman–Crippen LogP) is 2.11. The topological polar surface area (TPSA) is 50.9 Å². The van der Waals surface area contributed by atoms with E-state index in [1.165, 1.54) is 23.6 Å². The van der Waals surface area contributed by atoms with Crippen molar-refractivity contribution in [3.63, 3.8) is 0 Å². The van der Waals surface area contributed by atoms with Crippen LogP contribution in [0.4, 0.5) is 0 Å². The minimum Gasteiger partial charge on any atom is -0.271 e. The Morgan fingerprint density at radius 2 is 2.50 bits per heavy atom. The van der Waals surface area contributed by atoms with Gasteiger partial charge in [0.15, 0.2) is 0 Å². The number of aryl methyl sites for hydroxylation is 1. The summed E-state index contributed by atoms with van der Waals surface area (Å²) in [6, 6.07) is 0.325. The molecular formula is C11H19N3S2. The van der Waals surface area contributed by atoms with Crippen molar-refractivity contribution in [2.75, 3.05) is 5.75 Å². The zero-order valence-corrected chi connectivity index (χ0v) is 11.5. The van der Waals surface area contributed by atoms with Crippen LogP contribution >= 0.6 is 23.1 Å². The monoisotopic (exact) mass is 257 g/mol. The SMILES string of the molecule is Cc1csc(CC(NN)C2(C)CCCS2)n1. The third-order valence-corrected chi connectivity index (χ3v) is 5.86. The minimum atomic E-state index is 0.272. The van der Waals surface area contributed by atoms with Gasteiger partial charge in [-0.1, -0.05) is 0 Å². The van der Waals surface area contributed by atoms with Crippen LogP contribution < -0.4 is 11.3 Å². The first-order chi connectivity index (χ1) is 7.64. The molecule has 0 amide bonds. The van der Waals surface area contributed by atoms with E-state index < -0.39 is 0 Å². The van der Waals surface area contributed by atoms with Crippen molar-refractivity contribution < 1.29 is 0 Å². The Kier molecular flexibility index (Phi) is 3.89.